The first kappa shape index (κ1) is 14.1. The average Bonchev–Trinajstić information content (AvgIpc) is 2.38. The highest BCUT2D eigenvalue weighted by Crippen LogP contribution is 2.13. The molecule has 3 nitrogen and oxygen atoms in total. The Balaban J connectivity index is 1.78. The van der Waals surface area contributed by atoms with Gasteiger partial charge in [0.15, 0.2) is 0 Å². The molecule has 0 aliphatic heterocycles. The number of benzene rings is 2. The summed E-state index contributed by atoms with van der Waals surface area (Å²) in [5.41, 5.74) is 3.09. The lowest BCUT2D eigenvalue weighted by Crippen LogP contribution is -2.15. The third kappa shape index (κ3) is 4.43. The van der Waals surface area contributed by atoms with Crippen molar-refractivity contribution >= 4 is 11.6 Å². The van der Waals surface area contributed by atoms with E-state index in [-0.39, 0.29) is 5.91 Å². The van der Waals surface area contributed by atoms with Gasteiger partial charge in [-0.2, -0.15) is 0 Å². The van der Waals surface area contributed by atoms with Gasteiger partial charge in [0.05, 0.1) is 13.0 Å². The molecule has 2 rings (SSSR count). The van der Waals surface area contributed by atoms with Gasteiger partial charge >= 0.3 is 0 Å². The number of hydrogen-bond acceptors (Lipinski definition) is 2. The second kappa shape index (κ2) is 6.75. The minimum atomic E-state index is -0.0387. The normalized spacial score (nSPS) is 10.1. The van der Waals surface area contributed by atoms with E-state index in [0.29, 0.717) is 13.0 Å². The van der Waals surface area contributed by atoms with Crippen LogP contribution in [0, 0.1) is 13.8 Å². The van der Waals surface area contributed by atoms with Crippen LogP contribution in [-0.4, -0.2) is 12.5 Å². The van der Waals surface area contributed by atoms with Crippen LogP contribution >= 0.6 is 0 Å². The molecule has 1 amide bonds. The van der Waals surface area contributed by atoms with Crippen molar-refractivity contribution in [3.8, 4) is 5.75 Å². The Kier molecular flexibility index (Phi) is 4.77. The van der Waals surface area contributed by atoms with Gasteiger partial charge in [-0.1, -0.05) is 24.3 Å². The molecule has 0 aliphatic carbocycles. The Morgan fingerprint density at radius 1 is 1.05 bits per heavy atom. The number of ether oxygens (including phenoxy) is 1. The molecular formula is C17H19NO2. The van der Waals surface area contributed by atoms with Crippen molar-refractivity contribution < 1.29 is 9.53 Å². The fraction of sp³-hybridized carbons (Fsp3) is 0.235. The van der Waals surface area contributed by atoms with E-state index in [1.54, 1.807) is 0 Å². The Morgan fingerprint density at radius 2 is 1.75 bits per heavy atom. The van der Waals surface area contributed by atoms with Crippen LogP contribution in [0.5, 0.6) is 5.75 Å². The zero-order valence-corrected chi connectivity index (χ0v) is 11.8. The van der Waals surface area contributed by atoms with Gasteiger partial charge in [0.2, 0.25) is 5.91 Å². The number of carbonyl (C=O) groups is 1. The number of nitrogens with one attached hydrogen (secondary N) is 1. The monoisotopic (exact) mass is 269 g/mol. The van der Waals surface area contributed by atoms with Crippen LogP contribution in [0.2, 0.25) is 0 Å². The number of rotatable bonds is 5. The molecule has 2 aromatic rings. The van der Waals surface area contributed by atoms with Gasteiger partial charge in [-0.05, 0) is 49.2 Å². The molecule has 0 atom stereocenters. The van der Waals surface area contributed by atoms with E-state index in [9.17, 15) is 4.79 Å². The molecule has 0 fully saturated rings. The van der Waals surface area contributed by atoms with Crippen molar-refractivity contribution in [3.05, 3.63) is 59.7 Å². The first-order valence-corrected chi connectivity index (χ1v) is 6.69. The first-order chi connectivity index (χ1) is 9.63. The lowest BCUT2D eigenvalue weighted by molar-refractivity contribution is -0.116. The Bertz CT molecular complexity index is 593. The highest BCUT2D eigenvalue weighted by atomic mass is 16.5. The summed E-state index contributed by atoms with van der Waals surface area (Å²) in [5, 5.41) is 2.86. The zero-order valence-electron chi connectivity index (χ0n) is 11.8. The molecule has 0 heterocycles. The van der Waals surface area contributed by atoms with Crippen LogP contribution < -0.4 is 10.1 Å². The molecule has 0 bridgehead atoms. The first-order valence-electron chi connectivity index (χ1n) is 6.69. The summed E-state index contributed by atoms with van der Waals surface area (Å²) in [6.07, 6.45) is 0.335. The van der Waals surface area contributed by atoms with Crippen molar-refractivity contribution in [3.63, 3.8) is 0 Å². The third-order valence-electron chi connectivity index (χ3n) is 2.89. The predicted octanol–water partition coefficient (Wildman–Crippen LogP) is 3.71. The van der Waals surface area contributed by atoms with Gasteiger partial charge in [-0.15, -0.1) is 0 Å². The van der Waals surface area contributed by atoms with Crippen LogP contribution in [0.3, 0.4) is 0 Å². The standard InChI is InChI=1S/C17H19NO2/c1-13-5-3-7-15(11-13)18-17(19)9-10-20-16-8-4-6-14(2)12-16/h3-8,11-12H,9-10H2,1-2H3,(H,18,19). The summed E-state index contributed by atoms with van der Waals surface area (Å²) in [7, 11) is 0. The minimum Gasteiger partial charge on any atom is -0.493 e. The number of hydrogen-bond donors (Lipinski definition) is 1. The minimum absolute atomic E-state index is 0.0387. The molecule has 0 saturated heterocycles. The SMILES string of the molecule is Cc1cccc(NC(=O)CCOc2cccc(C)c2)c1. The molecule has 104 valence electrons. The van der Waals surface area contributed by atoms with Crippen LogP contribution in [0.15, 0.2) is 48.5 Å². The topological polar surface area (TPSA) is 38.3 Å². The summed E-state index contributed by atoms with van der Waals surface area (Å²) in [5.74, 6) is 0.761. The highest BCUT2D eigenvalue weighted by Gasteiger charge is 2.03. The summed E-state index contributed by atoms with van der Waals surface area (Å²) in [6.45, 7) is 4.38. The lowest BCUT2D eigenvalue weighted by Gasteiger charge is -2.08. The quantitative estimate of drug-likeness (QED) is 0.898. The Labute approximate surface area is 119 Å². The summed E-state index contributed by atoms with van der Waals surface area (Å²) < 4.78 is 5.56. The van der Waals surface area contributed by atoms with E-state index in [4.69, 9.17) is 4.74 Å². The van der Waals surface area contributed by atoms with Crippen molar-refractivity contribution in [1.29, 1.82) is 0 Å². The van der Waals surface area contributed by atoms with E-state index in [0.717, 1.165) is 22.6 Å². The van der Waals surface area contributed by atoms with Gasteiger partial charge < -0.3 is 10.1 Å². The smallest absolute Gasteiger partial charge is 0.227 e. The molecular weight excluding hydrogens is 250 g/mol. The molecule has 0 spiro atoms. The maximum absolute atomic E-state index is 11.8. The number of anilines is 1. The summed E-state index contributed by atoms with van der Waals surface area (Å²) >= 11 is 0. The maximum Gasteiger partial charge on any atom is 0.227 e. The maximum atomic E-state index is 11.8. The highest BCUT2D eigenvalue weighted by molar-refractivity contribution is 5.90. The second-order valence-corrected chi connectivity index (χ2v) is 4.83. The summed E-state index contributed by atoms with van der Waals surface area (Å²) in [6, 6.07) is 15.6. The predicted molar refractivity (Wildman–Crippen MR) is 81.1 cm³/mol. The number of amides is 1. The molecule has 0 aliphatic rings. The average molecular weight is 269 g/mol. The second-order valence-electron chi connectivity index (χ2n) is 4.83. The number of carbonyl (C=O) groups excluding carboxylic acids is 1. The van der Waals surface area contributed by atoms with Crippen molar-refractivity contribution in [2.75, 3.05) is 11.9 Å². The summed E-state index contributed by atoms with van der Waals surface area (Å²) in [4.78, 5) is 11.8. The van der Waals surface area contributed by atoms with Crippen molar-refractivity contribution in [2.24, 2.45) is 0 Å². The van der Waals surface area contributed by atoms with Crippen LogP contribution in [0.1, 0.15) is 17.5 Å². The molecule has 0 unspecified atom stereocenters. The van der Waals surface area contributed by atoms with Crippen molar-refractivity contribution in [1.82, 2.24) is 0 Å². The van der Waals surface area contributed by atoms with E-state index in [1.807, 2.05) is 62.4 Å². The van der Waals surface area contributed by atoms with Gasteiger partial charge in [0, 0.05) is 5.69 Å². The van der Waals surface area contributed by atoms with E-state index in [1.165, 1.54) is 0 Å². The van der Waals surface area contributed by atoms with Crippen LogP contribution in [-0.2, 0) is 4.79 Å². The molecule has 20 heavy (non-hydrogen) atoms. The van der Waals surface area contributed by atoms with Gasteiger partial charge in [0.25, 0.3) is 0 Å². The Hall–Kier alpha value is -2.29. The van der Waals surface area contributed by atoms with Crippen LogP contribution in [0.25, 0.3) is 0 Å². The molecule has 0 radical (unpaired) electrons. The fourth-order valence-electron chi connectivity index (χ4n) is 1.91. The molecule has 3 heteroatoms. The molecule has 2 aromatic carbocycles. The van der Waals surface area contributed by atoms with E-state index in [2.05, 4.69) is 5.32 Å². The zero-order chi connectivity index (χ0) is 14.4. The molecule has 0 aromatic heterocycles. The van der Waals surface area contributed by atoms with E-state index < -0.39 is 0 Å². The van der Waals surface area contributed by atoms with E-state index >= 15 is 0 Å². The largest absolute Gasteiger partial charge is 0.493 e. The van der Waals surface area contributed by atoms with Gasteiger partial charge in [-0.25, -0.2) is 0 Å². The van der Waals surface area contributed by atoms with Crippen LogP contribution in [0.4, 0.5) is 5.69 Å². The fourth-order valence-corrected chi connectivity index (χ4v) is 1.91. The van der Waals surface area contributed by atoms with Gasteiger partial charge in [-0.3, -0.25) is 4.79 Å². The lowest BCUT2D eigenvalue weighted by atomic mass is 10.2. The van der Waals surface area contributed by atoms with Crippen molar-refractivity contribution in [2.45, 2.75) is 20.3 Å². The Morgan fingerprint density at radius 3 is 2.45 bits per heavy atom. The van der Waals surface area contributed by atoms with Gasteiger partial charge in [0.1, 0.15) is 5.75 Å². The third-order valence-corrected chi connectivity index (χ3v) is 2.89. The molecule has 1 N–H and O–H groups in total. The molecule has 0 saturated carbocycles. The number of aryl methyl sites for hydroxylation is 2.